The fourth-order valence-corrected chi connectivity index (χ4v) is 2.88. The van der Waals surface area contributed by atoms with Crippen molar-refractivity contribution < 1.29 is 27.9 Å². The summed E-state index contributed by atoms with van der Waals surface area (Å²) in [7, 11) is -2.70. The lowest BCUT2D eigenvalue weighted by molar-refractivity contribution is -0.117. The van der Waals surface area contributed by atoms with Gasteiger partial charge in [0.25, 0.3) is 0 Å². The van der Waals surface area contributed by atoms with Crippen LogP contribution in [0.5, 0.6) is 5.75 Å². The molecule has 1 aliphatic rings. The Hall–Kier alpha value is -2.13. The zero-order valence-corrected chi connectivity index (χ0v) is 12.0. The molecule has 1 aliphatic heterocycles. The molecule has 1 saturated heterocycles. The molecule has 1 aromatic rings. The van der Waals surface area contributed by atoms with E-state index in [1.807, 2.05) is 0 Å². The number of phenols is 1. The van der Waals surface area contributed by atoms with Gasteiger partial charge in [0.05, 0.1) is 12.8 Å². The molecule has 3 N–H and O–H groups in total. The van der Waals surface area contributed by atoms with Crippen LogP contribution in [0.2, 0.25) is 0 Å². The molecule has 1 aromatic carbocycles. The number of anilines is 1. The predicted octanol–water partition coefficient (Wildman–Crippen LogP) is -0.427. The summed E-state index contributed by atoms with van der Waals surface area (Å²) < 4.78 is 27.2. The lowest BCUT2D eigenvalue weighted by atomic mass is 10.1. The Bertz CT molecular complexity index is 700. The first kappa shape index (κ1) is 15.3. The van der Waals surface area contributed by atoms with Crippen LogP contribution < -0.4 is 10.0 Å². The number of amides is 1. The second-order valence-electron chi connectivity index (χ2n) is 4.58. The second kappa shape index (κ2) is 5.34. The Morgan fingerprint density at radius 1 is 1.48 bits per heavy atom. The summed E-state index contributed by atoms with van der Waals surface area (Å²) in [5, 5.41) is 14.1. The normalized spacial score (nSPS) is 18.9. The Kier molecular flexibility index (Phi) is 3.88. The van der Waals surface area contributed by atoms with Gasteiger partial charge in [0.1, 0.15) is 10.8 Å². The number of carbonyl (C=O) groups is 2. The van der Waals surface area contributed by atoms with Crippen molar-refractivity contribution in [3.8, 4) is 5.75 Å². The van der Waals surface area contributed by atoms with Gasteiger partial charge >= 0.3 is 5.97 Å². The van der Waals surface area contributed by atoms with E-state index >= 15 is 0 Å². The molecule has 2 rings (SSSR count). The number of nitrogens with zero attached hydrogens (tertiary/aromatic N) is 1. The quantitative estimate of drug-likeness (QED) is 0.729. The maximum atomic E-state index is 11.9. The zero-order valence-electron chi connectivity index (χ0n) is 11.1. The van der Waals surface area contributed by atoms with Crippen molar-refractivity contribution in [3.05, 3.63) is 23.8 Å². The fourth-order valence-electron chi connectivity index (χ4n) is 2.15. The van der Waals surface area contributed by atoms with E-state index in [0.29, 0.717) is 0 Å². The molecule has 0 aliphatic carbocycles. The number of rotatable bonds is 3. The first-order chi connectivity index (χ1) is 9.75. The molecule has 0 aromatic heterocycles. The molecule has 1 heterocycles. The maximum Gasteiger partial charge on any atom is 0.341 e. The molecule has 1 atom stereocenters. The highest BCUT2D eigenvalue weighted by Gasteiger charge is 2.38. The minimum absolute atomic E-state index is 0.0500. The minimum atomic E-state index is -3.86. The van der Waals surface area contributed by atoms with E-state index in [1.54, 1.807) is 0 Å². The van der Waals surface area contributed by atoms with Gasteiger partial charge in [-0.15, -0.1) is 0 Å². The summed E-state index contributed by atoms with van der Waals surface area (Å²) in [5.41, 5.74) is -0.0593. The van der Waals surface area contributed by atoms with Gasteiger partial charge < -0.3 is 14.7 Å². The van der Waals surface area contributed by atoms with Crippen molar-refractivity contribution in [2.45, 2.75) is 11.7 Å². The summed E-state index contributed by atoms with van der Waals surface area (Å²) in [4.78, 5) is 24.5. The highest BCUT2D eigenvalue weighted by molar-refractivity contribution is 7.89. The highest BCUT2D eigenvalue weighted by Crippen LogP contribution is 2.34. The van der Waals surface area contributed by atoms with Gasteiger partial charge in [0.2, 0.25) is 15.9 Å². The van der Waals surface area contributed by atoms with E-state index in [0.717, 1.165) is 12.0 Å². The van der Waals surface area contributed by atoms with Gasteiger partial charge in [0.15, 0.2) is 5.75 Å². The SMILES string of the molecule is COC(=O)c1cccc(N2CC(S(N)(=O)=O)CC2=O)c1O. The smallest absolute Gasteiger partial charge is 0.341 e. The van der Waals surface area contributed by atoms with E-state index in [2.05, 4.69) is 4.74 Å². The first-order valence-electron chi connectivity index (χ1n) is 5.98. The highest BCUT2D eigenvalue weighted by atomic mass is 32.2. The molecular formula is C12H14N2O6S. The van der Waals surface area contributed by atoms with E-state index in [1.165, 1.54) is 18.2 Å². The number of hydrogen-bond acceptors (Lipinski definition) is 6. The summed E-state index contributed by atoms with van der Waals surface area (Å²) >= 11 is 0. The van der Waals surface area contributed by atoms with Gasteiger partial charge in [-0.1, -0.05) is 6.07 Å². The van der Waals surface area contributed by atoms with Crippen molar-refractivity contribution in [2.24, 2.45) is 5.14 Å². The third-order valence-electron chi connectivity index (χ3n) is 3.26. The van der Waals surface area contributed by atoms with Crippen LogP contribution in [0.1, 0.15) is 16.8 Å². The standard InChI is InChI=1S/C12H14N2O6S/c1-20-12(17)8-3-2-4-9(11(8)16)14-6-7(5-10(14)15)21(13,18)19/h2-4,7,16H,5-6H2,1H3,(H2,13,18,19). The molecule has 1 amide bonds. The third-order valence-corrected chi connectivity index (χ3v) is 4.51. The maximum absolute atomic E-state index is 11.9. The van der Waals surface area contributed by atoms with Crippen molar-refractivity contribution in [1.82, 2.24) is 0 Å². The number of benzene rings is 1. The largest absolute Gasteiger partial charge is 0.505 e. The molecule has 114 valence electrons. The third kappa shape index (κ3) is 2.83. The molecule has 1 fully saturated rings. The molecule has 0 spiro atoms. The van der Waals surface area contributed by atoms with Crippen molar-refractivity contribution in [3.63, 3.8) is 0 Å². The van der Waals surface area contributed by atoms with Crippen LogP contribution in [0.15, 0.2) is 18.2 Å². The van der Waals surface area contributed by atoms with Crippen LogP contribution in [0, 0.1) is 0 Å². The fraction of sp³-hybridized carbons (Fsp3) is 0.333. The molecule has 0 bridgehead atoms. The van der Waals surface area contributed by atoms with Crippen LogP contribution >= 0.6 is 0 Å². The number of nitrogens with two attached hydrogens (primary N) is 1. The van der Waals surface area contributed by atoms with Gasteiger partial charge in [-0.3, -0.25) is 4.79 Å². The van der Waals surface area contributed by atoms with Gasteiger partial charge in [0, 0.05) is 13.0 Å². The van der Waals surface area contributed by atoms with Crippen LogP contribution in [-0.4, -0.2) is 44.3 Å². The second-order valence-corrected chi connectivity index (χ2v) is 6.43. The Labute approximate surface area is 121 Å². The number of hydrogen-bond donors (Lipinski definition) is 2. The number of carbonyl (C=O) groups excluding carboxylic acids is 2. The van der Waals surface area contributed by atoms with E-state index in [4.69, 9.17) is 5.14 Å². The molecule has 0 saturated carbocycles. The number of primary sulfonamides is 1. The molecule has 21 heavy (non-hydrogen) atoms. The molecule has 8 nitrogen and oxygen atoms in total. The summed E-state index contributed by atoms with van der Waals surface area (Å²) in [6.07, 6.45) is -0.263. The lowest BCUT2D eigenvalue weighted by Crippen LogP contribution is -2.32. The molecule has 9 heteroatoms. The Morgan fingerprint density at radius 2 is 2.14 bits per heavy atom. The summed E-state index contributed by atoms with van der Waals surface area (Å²) in [6, 6.07) is 4.20. The average molecular weight is 314 g/mol. The number of phenolic OH excluding ortho intramolecular Hbond substituents is 1. The van der Waals surface area contributed by atoms with Gasteiger partial charge in [-0.25, -0.2) is 18.4 Å². The van der Waals surface area contributed by atoms with E-state index in [-0.39, 0.29) is 24.2 Å². The van der Waals surface area contributed by atoms with Gasteiger partial charge in [-0.2, -0.15) is 0 Å². The molecule has 1 unspecified atom stereocenters. The average Bonchev–Trinajstić information content (AvgIpc) is 2.80. The van der Waals surface area contributed by atoms with Crippen LogP contribution in [-0.2, 0) is 19.6 Å². The number of para-hydroxylation sites is 1. The number of ether oxygens (including phenoxy) is 1. The van der Waals surface area contributed by atoms with Crippen molar-refractivity contribution in [2.75, 3.05) is 18.6 Å². The predicted molar refractivity (Wildman–Crippen MR) is 73.3 cm³/mol. The molecule has 0 radical (unpaired) electrons. The minimum Gasteiger partial charge on any atom is -0.505 e. The van der Waals surface area contributed by atoms with Crippen LogP contribution in [0.4, 0.5) is 5.69 Å². The monoisotopic (exact) mass is 314 g/mol. The summed E-state index contributed by atoms with van der Waals surface area (Å²) in [6.45, 7) is -0.171. The lowest BCUT2D eigenvalue weighted by Gasteiger charge is -2.18. The van der Waals surface area contributed by atoms with E-state index in [9.17, 15) is 23.1 Å². The van der Waals surface area contributed by atoms with Crippen LogP contribution in [0.25, 0.3) is 0 Å². The van der Waals surface area contributed by atoms with Crippen molar-refractivity contribution in [1.29, 1.82) is 0 Å². The van der Waals surface area contributed by atoms with Gasteiger partial charge in [-0.05, 0) is 12.1 Å². The molecular weight excluding hydrogens is 300 g/mol. The van der Waals surface area contributed by atoms with E-state index < -0.39 is 32.9 Å². The number of aromatic hydroxyl groups is 1. The number of esters is 1. The Balaban J connectivity index is 2.40. The van der Waals surface area contributed by atoms with Crippen molar-refractivity contribution >= 4 is 27.6 Å². The first-order valence-corrected chi connectivity index (χ1v) is 7.59. The number of methoxy groups -OCH3 is 1. The Morgan fingerprint density at radius 3 is 2.67 bits per heavy atom. The summed E-state index contributed by atoms with van der Waals surface area (Å²) in [5.74, 6) is -1.69. The zero-order chi connectivity index (χ0) is 15.8. The van der Waals surface area contributed by atoms with Crippen LogP contribution in [0.3, 0.4) is 0 Å². The topological polar surface area (TPSA) is 127 Å². The number of sulfonamides is 1.